The predicted molar refractivity (Wildman–Crippen MR) is 122 cm³/mol. The Kier molecular flexibility index (Phi) is 7.35. The number of anilines is 3. The second-order valence-electron chi connectivity index (χ2n) is 7.40. The number of pyridine rings is 2. The van der Waals surface area contributed by atoms with Crippen LogP contribution in [0.5, 0.6) is 0 Å². The Bertz CT molecular complexity index is 989. The number of aryl methyl sites for hydroxylation is 1. The van der Waals surface area contributed by atoms with Gasteiger partial charge in [0.15, 0.2) is 5.13 Å². The van der Waals surface area contributed by atoms with E-state index in [1.54, 1.807) is 17.5 Å². The maximum Gasteiger partial charge on any atom is 0.303 e. The Morgan fingerprint density at radius 1 is 1.20 bits per heavy atom. The first-order valence-corrected chi connectivity index (χ1v) is 10.9. The quantitative estimate of drug-likeness (QED) is 0.436. The zero-order valence-corrected chi connectivity index (χ0v) is 18.3. The minimum atomic E-state index is -0.747. The van der Waals surface area contributed by atoms with Crippen LogP contribution in [0, 0.1) is 6.92 Å². The van der Waals surface area contributed by atoms with Crippen LogP contribution < -0.4 is 10.2 Å². The first kappa shape index (κ1) is 21.7. The molecule has 158 valence electrons. The average molecular weight is 426 g/mol. The number of aromatic nitrogens is 3. The van der Waals surface area contributed by atoms with Crippen LogP contribution in [0.25, 0.3) is 10.6 Å². The number of thiazole rings is 1. The van der Waals surface area contributed by atoms with E-state index in [0.29, 0.717) is 6.42 Å². The van der Waals surface area contributed by atoms with Crippen LogP contribution in [-0.4, -0.2) is 38.6 Å². The van der Waals surface area contributed by atoms with Crippen LogP contribution in [0.1, 0.15) is 38.7 Å². The van der Waals surface area contributed by atoms with E-state index >= 15 is 0 Å². The van der Waals surface area contributed by atoms with E-state index in [1.165, 1.54) is 0 Å². The van der Waals surface area contributed by atoms with Crippen molar-refractivity contribution in [3.05, 3.63) is 48.3 Å². The predicted octanol–water partition coefficient (Wildman–Crippen LogP) is 5.12. The number of carbonyl (C=O) groups is 1. The number of rotatable bonds is 10. The van der Waals surface area contributed by atoms with Gasteiger partial charge in [0.2, 0.25) is 0 Å². The molecule has 0 atom stereocenters. The lowest BCUT2D eigenvalue weighted by atomic mass is 10.2. The Hall–Kier alpha value is -3.00. The third kappa shape index (κ3) is 6.00. The SMILES string of the molecule is Cc1ccnc(Nc2cccc(-c3cnc(N(CCCCC(=O)O)C(C)C)s3)n2)c1. The molecular formula is C22H27N5O2S. The highest BCUT2D eigenvalue weighted by molar-refractivity contribution is 7.18. The Balaban J connectivity index is 1.72. The number of aliphatic carboxylic acids is 1. The van der Waals surface area contributed by atoms with E-state index in [0.717, 1.165) is 45.9 Å². The van der Waals surface area contributed by atoms with Gasteiger partial charge in [0, 0.05) is 31.4 Å². The van der Waals surface area contributed by atoms with Gasteiger partial charge < -0.3 is 15.3 Å². The fourth-order valence-corrected chi connectivity index (χ4v) is 4.07. The van der Waals surface area contributed by atoms with Gasteiger partial charge in [0.1, 0.15) is 11.6 Å². The van der Waals surface area contributed by atoms with E-state index in [1.807, 2.05) is 43.5 Å². The van der Waals surface area contributed by atoms with E-state index in [9.17, 15) is 4.79 Å². The van der Waals surface area contributed by atoms with Crippen molar-refractivity contribution in [2.75, 3.05) is 16.8 Å². The fourth-order valence-electron chi connectivity index (χ4n) is 3.03. The number of nitrogens with zero attached hydrogens (tertiary/aromatic N) is 4. The molecule has 0 spiro atoms. The zero-order chi connectivity index (χ0) is 21.5. The highest BCUT2D eigenvalue weighted by Crippen LogP contribution is 2.32. The summed E-state index contributed by atoms with van der Waals surface area (Å²) in [6, 6.07) is 10.1. The van der Waals surface area contributed by atoms with Crippen LogP contribution in [0.4, 0.5) is 16.8 Å². The van der Waals surface area contributed by atoms with Crippen molar-refractivity contribution < 1.29 is 9.90 Å². The van der Waals surface area contributed by atoms with Crippen LogP contribution in [-0.2, 0) is 4.79 Å². The third-order valence-electron chi connectivity index (χ3n) is 4.58. The Labute approximate surface area is 180 Å². The summed E-state index contributed by atoms with van der Waals surface area (Å²) in [4.78, 5) is 27.6. The number of nitrogens with one attached hydrogen (secondary N) is 1. The summed E-state index contributed by atoms with van der Waals surface area (Å²) in [5.74, 6) is 0.745. The molecule has 2 N–H and O–H groups in total. The average Bonchev–Trinajstić information content (AvgIpc) is 3.17. The molecule has 30 heavy (non-hydrogen) atoms. The Morgan fingerprint density at radius 3 is 2.77 bits per heavy atom. The molecule has 0 saturated carbocycles. The van der Waals surface area contributed by atoms with Gasteiger partial charge in [-0.25, -0.2) is 15.0 Å². The number of carboxylic acid groups (broad SMARTS) is 1. The molecule has 3 rings (SSSR count). The Morgan fingerprint density at radius 2 is 2.03 bits per heavy atom. The number of unbranched alkanes of at least 4 members (excludes halogenated alkanes) is 1. The zero-order valence-electron chi connectivity index (χ0n) is 17.5. The van der Waals surface area contributed by atoms with Crippen molar-refractivity contribution in [1.29, 1.82) is 0 Å². The molecule has 0 aromatic carbocycles. The van der Waals surface area contributed by atoms with Crippen molar-refractivity contribution in [2.45, 2.75) is 46.1 Å². The summed E-state index contributed by atoms with van der Waals surface area (Å²) in [7, 11) is 0. The summed E-state index contributed by atoms with van der Waals surface area (Å²) in [6.07, 6.45) is 5.31. The molecule has 0 aliphatic rings. The molecule has 0 radical (unpaired) electrons. The molecule has 0 aliphatic carbocycles. The minimum Gasteiger partial charge on any atom is -0.481 e. The summed E-state index contributed by atoms with van der Waals surface area (Å²) in [5, 5.41) is 13.0. The van der Waals surface area contributed by atoms with Crippen molar-refractivity contribution in [3.63, 3.8) is 0 Å². The number of carboxylic acids is 1. The maximum absolute atomic E-state index is 10.7. The van der Waals surface area contributed by atoms with Crippen molar-refractivity contribution in [2.24, 2.45) is 0 Å². The lowest BCUT2D eigenvalue weighted by molar-refractivity contribution is -0.137. The summed E-state index contributed by atoms with van der Waals surface area (Å²) in [6.45, 7) is 7.05. The van der Waals surface area contributed by atoms with Gasteiger partial charge >= 0.3 is 5.97 Å². The van der Waals surface area contributed by atoms with Gasteiger partial charge in [-0.05, 0) is 63.4 Å². The molecule has 3 heterocycles. The summed E-state index contributed by atoms with van der Waals surface area (Å²) in [5.41, 5.74) is 1.99. The maximum atomic E-state index is 10.7. The van der Waals surface area contributed by atoms with E-state index < -0.39 is 5.97 Å². The van der Waals surface area contributed by atoms with Gasteiger partial charge in [-0.1, -0.05) is 17.4 Å². The largest absolute Gasteiger partial charge is 0.481 e. The third-order valence-corrected chi connectivity index (χ3v) is 5.63. The second kappa shape index (κ2) is 10.2. The monoisotopic (exact) mass is 425 g/mol. The molecule has 0 aliphatic heterocycles. The van der Waals surface area contributed by atoms with Crippen molar-refractivity contribution >= 4 is 34.1 Å². The summed E-state index contributed by atoms with van der Waals surface area (Å²) < 4.78 is 0. The van der Waals surface area contributed by atoms with E-state index in [4.69, 9.17) is 10.1 Å². The lowest BCUT2D eigenvalue weighted by Crippen LogP contribution is -2.31. The topological polar surface area (TPSA) is 91.2 Å². The molecule has 0 unspecified atom stereocenters. The highest BCUT2D eigenvalue weighted by Gasteiger charge is 2.16. The molecule has 0 saturated heterocycles. The molecule has 0 amide bonds. The van der Waals surface area contributed by atoms with E-state index in [-0.39, 0.29) is 12.5 Å². The number of hydrogen-bond acceptors (Lipinski definition) is 7. The van der Waals surface area contributed by atoms with Gasteiger partial charge in [-0.2, -0.15) is 0 Å². The fraction of sp³-hybridized carbons (Fsp3) is 0.364. The smallest absolute Gasteiger partial charge is 0.303 e. The first-order valence-electron chi connectivity index (χ1n) is 10.0. The normalized spacial score (nSPS) is 10.9. The van der Waals surface area contributed by atoms with Crippen LogP contribution >= 0.6 is 11.3 Å². The lowest BCUT2D eigenvalue weighted by Gasteiger charge is -2.26. The van der Waals surface area contributed by atoms with Gasteiger partial charge in [-0.3, -0.25) is 4.79 Å². The number of hydrogen-bond donors (Lipinski definition) is 2. The first-order chi connectivity index (χ1) is 14.4. The molecule has 7 nitrogen and oxygen atoms in total. The molecule has 0 fully saturated rings. The molecule has 3 aromatic rings. The molecular weight excluding hydrogens is 398 g/mol. The standard InChI is InChI=1S/C22H27N5O2S/c1-15(2)27(12-5-4-9-21(28)29)22-24-14-18(30-22)17-7-6-8-19(25-17)26-20-13-16(3)10-11-23-20/h6-8,10-11,13-15H,4-5,9,12H2,1-3H3,(H,28,29)(H,23,25,26). The molecule has 8 heteroatoms. The minimum absolute atomic E-state index is 0.203. The van der Waals surface area contributed by atoms with Gasteiger partial charge in [0.05, 0.1) is 10.6 Å². The second-order valence-corrected chi connectivity index (χ2v) is 8.41. The van der Waals surface area contributed by atoms with Gasteiger partial charge in [-0.15, -0.1) is 0 Å². The van der Waals surface area contributed by atoms with Crippen LogP contribution in [0.15, 0.2) is 42.7 Å². The van der Waals surface area contributed by atoms with E-state index in [2.05, 4.69) is 34.0 Å². The van der Waals surface area contributed by atoms with Crippen molar-refractivity contribution in [1.82, 2.24) is 15.0 Å². The van der Waals surface area contributed by atoms with Crippen LogP contribution in [0.2, 0.25) is 0 Å². The van der Waals surface area contributed by atoms with Crippen LogP contribution in [0.3, 0.4) is 0 Å². The molecule has 3 aromatic heterocycles. The van der Waals surface area contributed by atoms with Crippen molar-refractivity contribution in [3.8, 4) is 10.6 Å². The van der Waals surface area contributed by atoms with Gasteiger partial charge in [0.25, 0.3) is 0 Å². The highest BCUT2D eigenvalue weighted by atomic mass is 32.1. The summed E-state index contributed by atoms with van der Waals surface area (Å²) >= 11 is 1.60. The molecule has 0 bridgehead atoms.